The molecule has 3 aromatic heterocycles. The second-order valence-corrected chi connectivity index (χ2v) is 7.86. The van der Waals surface area contributed by atoms with Crippen molar-refractivity contribution in [2.45, 2.75) is 10.1 Å². The Hall–Kier alpha value is -3.04. The van der Waals surface area contributed by atoms with Crippen LogP contribution in [0.1, 0.15) is 0 Å². The van der Waals surface area contributed by atoms with Gasteiger partial charge in [-0.3, -0.25) is 0 Å². The lowest BCUT2D eigenvalue weighted by atomic mass is 10.1. The third kappa shape index (κ3) is 3.00. The first-order valence-electron chi connectivity index (χ1n) is 7.98. The van der Waals surface area contributed by atoms with E-state index in [1.54, 1.807) is 16.6 Å². The van der Waals surface area contributed by atoms with Gasteiger partial charge in [-0.25, -0.2) is 9.37 Å². The molecule has 0 aliphatic heterocycles. The van der Waals surface area contributed by atoms with Crippen LogP contribution < -0.4 is 5.73 Å². The van der Waals surface area contributed by atoms with Crippen LogP contribution in [0.25, 0.3) is 27.1 Å². The highest BCUT2D eigenvalue weighted by Gasteiger charge is 2.12. The molecule has 0 atom stereocenters. The van der Waals surface area contributed by atoms with Crippen molar-refractivity contribution < 1.29 is 4.39 Å². The highest BCUT2D eigenvalue weighted by atomic mass is 32.2. The van der Waals surface area contributed by atoms with Crippen molar-refractivity contribution in [3.05, 3.63) is 60.4 Å². The van der Waals surface area contributed by atoms with E-state index in [2.05, 4.69) is 20.3 Å². The second-order valence-electron chi connectivity index (χ2n) is 5.76. The van der Waals surface area contributed by atoms with E-state index in [-0.39, 0.29) is 5.82 Å². The van der Waals surface area contributed by atoms with Crippen molar-refractivity contribution in [3.8, 4) is 11.3 Å². The number of anilines is 1. The van der Waals surface area contributed by atoms with E-state index in [0.717, 1.165) is 26.4 Å². The quantitative estimate of drug-likeness (QED) is 0.492. The Labute approximate surface area is 160 Å². The summed E-state index contributed by atoms with van der Waals surface area (Å²) < 4.78 is 15.9. The zero-order chi connectivity index (χ0) is 18.4. The SMILES string of the molecule is Nc1nc2ccc(Sc3nnc4ccc(-c5ccc(F)cc5)nn34)cc2s1. The maximum atomic E-state index is 13.2. The third-order valence-corrected chi connectivity index (χ3v) is 5.73. The van der Waals surface area contributed by atoms with Crippen LogP contribution in [0.3, 0.4) is 0 Å². The number of thiazole rings is 1. The van der Waals surface area contributed by atoms with Gasteiger partial charge in [0.25, 0.3) is 0 Å². The maximum absolute atomic E-state index is 13.2. The van der Waals surface area contributed by atoms with E-state index in [1.807, 2.05) is 30.3 Å². The summed E-state index contributed by atoms with van der Waals surface area (Å²) in [6, 6.07) is 15.8. The maximum Gasteiger partial charge on any atom is 0.217 e. The highest BCUT2D eigenvalue weighted by molar-refractivity contribution is 7.99. The normalized spacial score (nSPS) is 11.4. The van der Waals surface area contributed by atoms with Gasteiger partial charge < -0.3 is 5.73 Å². The molecule has 2 aromatic carbocycles. The molecule has 27 heavy (non-hydrogen) atoms. The molecule has 0 saturated carbocycles. The molecule has 132 valence electrons. The number of nitrogens with two attached hydrogens (primary N) is 1. The molecule has 0 amide bonds. The number of nitrogen functional groups attached to an aromatic ring is 1. The van der Waals surface area contributed by atoms with Crippen molar-refractivity contribution in [1.29, 1.82) is 0 Å². The molecule has 0 aliphatic rings. The summed E-state index contributed by atoms with van der Waals surface area (Å²) in [5, 5.41) is 14.2. The average Bonchev–Trinajstić information content (AvgIpc) is 3.24. The van der Waals surface area contributed by atoms with Crippen LogP contribution in [0.15, 0.2) is 64.6 Å². The molecule has 0 unspecified atom stereocenters. The molecule has 0 aliphatic carbocycles. The van der Waals surface area contributed by atoms with Gasteiger partial charge in [-0.05, 0) is 66.4 Å². The van der Waals surface area contributed by atoms with Gasteiger partial charge in [0.05, 0.1) is 15.9 Å². The number of aromatic nitrogens is 5. The monoisotopic (exact) mass is 394 g/mol. The lowest BCUT2D eigenvalue weighted by Gasteiger charge is -2.03. The van der Waals surface area contributed by atoms with Gasteiger partial charge >= 0.3 is 0 Å². The van der Waals surface area contributed by atoms with Crippen LogP contribution >= 0.6 is 23.1 Å². The van der Waals surface area contributed by atoms with Crippen molar-refractivity contribution in [1.82, 2.24) is 24.8 Å². The molecule has 0 bridgehead atoms. The van der Waals surface area contributed by atoms with E-state index < -0.39 is 0 Å². The summed E-state index contributed by atoms with van der Waals surface area (Å²) in [4.78, 5) is 5.26. The molecule has 9 heteroatoms. The molecule has 5 rings (SSSR count). The van der Waals surface area contributed by atoms with Gasteiger partial charge in [0.1, 0.15) is 5.82 Å². The first-order valence-corrected chi connectivity index (χ1v) is 9.61. The molecular formula is C18H11FN6S2. The highest BCUT2D eigenvalue weighted by Crippen LogP contribution is 2.32. The van der Waals surface area contributed by atoms with Crippen LogP contribution in [0, 0.1) is 5.82 Å². The number of halogens is 1. The number of rotatable bonds is 3. The minimum atomic E-state index is -0.278. The fourth-order valence-corrected chi connectivity index (χ4v) is 4.37. The molecule has 2 N–H and O–H groups in total. The second kappa shape index (κ2) is 6.29. The summed E-state index contributed by atoms with van der Waals surface area (Å²) >= 11 is 2.91. The summed E-state index contributed by atoms with van der Waals surface area (Å²) in [6.45, 7) is 0. The van der Waals surface area contributed by atoms with Gasteiger partial charge in [-0.2, -0.15) is 9.61 Å². The Morgan fingerprint density at radius 3 is 2.70 bits per heavy atom. The zero-order valence-corrected chi connectivity index (χ0v) is 15.3. The largest absolute Gasteiger partial charge is 0.375 e. The van der Waals surface area contributed by atoms with Gasteiger partial charge in [0.2, 0.25) is 5.16 Å². The van der Waals surface area contributed by atoms with Crippen LogP contribution in [0.4, 0.5) is 9.52 Å². The van der Waals surface area contributed by atoms with Gasteiger partial charge in [-0.1, -0.05) is 11.3 Å². The summed E-state index contributed by atoms with van der Waals surface area (Å²) in [7, 11) is 0. The van der Waals surface area contributed by atoms with Crippen molar-refractivity contribution in [2.24, 2.45) is 0 Å². The Kier molecular flexibility index (Phi) is 3.76. The standard InChI is InChI=1S/C18H11FN6S2/c19-11-3-1-10(2-4-11)13-7-8-16-22-23-18(25(16)24-13)26-12-5-6-14-15(9-12)27-17(20)21-14/h1-9H,(H2,20,21). The number of hydrogen-bond donors (Lipinski definition) is 1. The molecule has 0 spiro atoms. The predicted molar refractivity (Wildman–Crippen MR) is 104 cm³/mol. The van der Waals surface area contributed by atoms with Crippen LogP contribution in [-0.4, -0.2) is 24.8 Å². The van der Waals surface area contributed by atoms with E-state index in [0.29, 0.717) is 15.9 Å². The predicted octanol–water partition coefficient (Wildman–Crippen LogP) is 4.27. The zero-order valence-electron chi connectivity index (χ0n) is 13.7. The average molecular weight is 394 g/mol. The Balaban J connectivity index is 1.54. The lowest BCUT2D eigenvalue weighted by molar-refractivity contribution is 0.628. The minimum Gasteiger partial charge on any atom is -0.375 e. The number of benzene rings is 2. The topological polar surface area (TPSA) is 82.0 Å². The fraction of sp³-hybridized carbons (Fsp3) is 0. The summed E-state index contributed by atoms with van der Waals surface area (Å²) in [5.41, 5.74) is 8.84. The van der Waals surface area contributed by atoms with Crippen LogP contribution in [-0.2, 0) is 0 Å². The molecule has 0 saturated heterocycles. The Morgan fingerprint density at radius 1 is 1.00 bits per heavy atom. The van der Waals surface area contributed by atoms with Crippen molar-refractivity contribution >= 4 is 44.1 Å². The van der Waals surface area contributed by atoms with E-state index >= 15 is 0 Å². The Bertz CT molecular complexity index is 1280. The smallest absolute Gasteiger partial charge is 0.217 e. The van der Waals surface area contributed by atoms with E-state index in [1.165, 1.54) is 35.2 Å². The number of hydrogen-bond acceptors (Lipinski definition) is 7. The van der Waals surface area contributed by atoms with Crippen LogP contribution in [0.5, 0.6) is 0 Å². The lowest BCUT2D eigenvalue weighted by Crippen LogP contribution is -1.96. The summed E-state index contributed by atoms with van der Waals surface area (Å²) in [5.74, 6) is -0.278. The third-order valence-electron chi connectivity index (χ3n) is 3.96. The van der Waals surface area contributed by atoms with E-state index in [4.69, 9.17) is 5.73 Å². The minimum absolute atomic E-state index is 0.278. The number of fused-ring (bicyclic) bond motifs is 2. The molecule has 6 nitrogen and oxygen atoms in total. The van der Waals surface area contributed by atoms with E-state index in [9.17, 15) is 4.39 Å². The molecule has 3 heterocycles. The van der Waals surface area contributed by atoms with Crippen molar-refractivity contribution in [2.75, 3.05) is 5.73 Å². The molecular weight excluding hydrogens is 383 g/mol. The molecule has 5 aromatic rings. The molecule has 0 radical (unpaired) electrons. The van der Waals surface area contributed by atoms with Crippen LogP contribution in [0.2, 0.25) is 0 Å². The Morgan fingerprint density at radius 2 is 1.85 bits per heavy atom. The van der Waals surface area contributed by atoms with Crippen molar-refractivity contribution in [3.63, 3.8) is 0 Å². The first kappa shape index (κ1) is 16.2. The van der Waals surface area contributed by atoms with Gasteiger partial charge in [0, 0.05) is 10.5 Å². The first-order chi connectivity index (χ1) is 13.2. The summed E-state index contributed by atoms with van der Waals surface area (Å²) in [6.07, 6.45) is 0. The number of nitrogens with zero attached hydrogens (tertiary/aromatic N) is 5. The fourth-order valence-electron chi connectivity index (χ4n) is 2.70. The van der Waals surface area contributed by atoms with Gasteiger partial charge in [-0.15, -0.1) is 10.2 Å². The van der Waals surface area contributed by atoms with Gasteiger partial charge in [0.15, 0.2) is 10.8 Å². The molecule has 0 fully saturated rings.